The molecule has 0 spiro atoms. The van der Waals surface area contributed by atoms with Crippen LogP contribution in [0.4, 0.5) is 0 Å². The van der Waals surface area contributed by atoms with E-state index in [2.05, 4.69) is 71.2 Å². The third kappa shape index (κ3) is 4.75. The summed E-state index contributed by atoms with van der Waals surface area (Å²) < 4.78 is 7.45. The smallest absolute Gasteiger partial charge is 0.00341 e. The highest BCUT2D eigenvalue weighted by atomic mass is 32.4. The lowest BCUT2D eigenvalue weighted by molar-refractivity contribution is 0.660. The maximum Gasteiger partial charge on any atom is -0.00341 e. The Kier molecular flexibility index (Phi) is 6.40. The lowest BCUT2D eigenvalue weighted by atomic mass is 11.3. The molecule has 0 aliphatic heterocycles. The van der Waals surface area contributed by atoms with Crippen LogP contribution in [0.1, 0.15) is 0 Å². The summed E-state index contributed by atoms with van der Waals surface area (Å²) in [6.45, 7) is 0. The van der Waals surface area contributed by atoms with Crippen LogP contribution in [0.15, 0.2) is 0 Å². The second-order valence-corrected chi connectivity index (χ2v) is 13.8. The van der Waals surface area contributed by atoms with Crippen molar-refractivity contribution in [3.8, 4) is 0 Å². The Hall–Kier alpha value is 0.930. The van der Waals surface area contributed by atoms with Crippen LogP contribution >= 0.6 is 32.7 Å². The molecule has 0 aliphatic carbocycles. The lowest BCUT2D eigenvalue weighted by Gasteiger charge is -2.53. The zero-order valence-electron chi connectivity index (χ0n) is 11.6. The average Bonchev–Trinajstić information content (AvgIpc) is 2.01. The zero-order valence-corrected chi connectivity index (χ0v) is 14.2. The van der Waals surface area contributed by atoms with Crippen LogP contribution in [0.3, 0.4) is 0 Å². The molecule has 0 radical (unpaired) electrons. The van der Waals surface area contributed by atoms with Crippen molar-refractivity contribution in [1.82, 2.24) is 11.7 Å². The van der Waals surface area contributed by atoms with Crippen LogP contribution in [0.5, 0.6) is 0 Å². The van der Waals surface area contributed by atoms with Gasteiger partial charge in [-0.1, -0.05) is 0 Å². The Morgan fingerprint density at radius 3 is 1.13 bits per heavy atom. The van der Waals surface area contributed by atoms with Crippen LogP contribution in [0.2, 0.25) is 0 Å². The zero-order chi connectivity index (χ0) is 12.4. The van der Waals surface area contributed by atoms with Crippen LogP contribution in [-0.2, 0) is 0 Å². The molecule has 2 atom stereocenters. The second kappa shape index (κ2) is 6.02. The summed E-state index contributed by atoms with van der Waals surface area (Å²) in [5.74, 6) is 0. The summed E-state index contributed by atoms with van der Waals surface area (Å²) in [7, 11) is 8.09. The third-order valence-corrected chi connectivity index (χ3v) is 12.3. The molecular weight excluding hydrogens is 246 g/mol. The minimum Gasteiger partial charge on any atom is -0.263 e. The largest absolute Gasteiger partial charge is 0.263 e. The number of nitrogens with zero attached hydrogens (tertiary/aromatic N) is 3. The molecule has 0 aromatic heterocycles. The molecule has 0 amide bonds. The summed E-state index contributed by atoms with van der Waals surface area (Å²) in [6.07, 6.45) is 11.9. The normalized spacial score (nSPS) is 21.1. The Morgan fingerprint density at radius 1 is 0.733 bits per heavy atom. The molecule has 0 fully saturated rings. The molecule has 0 aromatic rings. The second-order valence-electron chi connectivity index (χ2n) is 4.70. The number of rotatable bonds is 5. The summed E-state index contributed by atoms with van der Waals surface area (Å²) in [6, 6.07) is 0. The van der Waals surface area contributed by atoms with Gasteiger partial charge in [0.25, 0.3) is 0 Å². The molecule has 0 saturated carbocycles. The number of thiol groups is 2. The van der Waals surface area contributed by atoms with Gasteiger partial charge in [0.1, 0.15) is 0 Å². The van der Waals surface area contributed by atoms with Gasteiger partial charge in [0.2, 0.25) is 0 Å². The van der Waals surface area contributed by atoms with E-state index in [0.717, 1.165) is 0 Å². The van der Waals surface area contributed by atoms with Crippen LogP contribution in [0.25, 0.3) is 0 Å². The van der Waals surface area contributed by atoms with Crippen molar-refractivity contribution in [1.29, 1.82) is 0 Å². The standard InChI is InChI=1S/C9H29N3S3/c1-10(2)13(5)12(15(7,8)9)14(6)11(3)4/h13-14H,1-9H3. The Balaban J connectivity index is 4.90. The molecule has 0 N–H and O–H groups in total. The minimum atomic E-state index is -0.646. The predicted octanol–water partition coefficient (Wildman–Crippen LogP) is 1.94. The molecule has 0 aliphatic rings. The topological polar surface area (TPSA) is 9.72 Å². The van der Waals surface area contributed by atoms with Gasteiger partial charge < -0.3 is 0 Å². The first-order valence-electron chi connectivity index (χ1n) is 4.89. The van der Waals surface area contributed by atoms with E-state index in [0.29, 0.717) is 0 Å². The number of hydrogen-bond acceptors (Lipinski definition) is 3. The molecule has 0 rings (SSSR count). The van der Waals surface area contributed by atoms with Crippen molar-refractivity contribution in [2.45, 2.75) is 0 Å². The molecule has 2 unspecified atom stereocenters. The van der Waals surface area contributed by atoms with Crippen molar-refractivity contribution in [2.75, 3.05) is 59.5 Å². The molecule has 0 saturated heterocycles. The molecule has 15 heavy (non-hydrogen) atoms. The lowest BCUT2D eigenvalue weighted by Crippen LogP contribution is -2.30. The third-order valence-electron chi connectivity index (χ3n) is 2.14. The van der Waals surface area contributed by atoms with Gasteiger partial charge >= 0.3 is 0 Å². The van der Waals surface area contributed by atoms with Gasteiger partial charge in [0.15, 0.2) is 0 Å². The first kappa shape index (κ1) is 15.9. The van der Waals surface area contributed by atoms with Gasteiger partial charge in [-0.05, 0) is 59.5 Å². The van der Waals surface area contributed by atoms with Crippen LogP contribution in [-0.4, -0.2) is 71.2 Å². The van der Waals surface area contributed by atoms with E-state index in [1.54, 1.807) is 0 Å². The molecule has 3 nitrogen and oxygen atoms in total. The van der Waals surface area contributed by atoms with Crippen molar-refractivity contribution in [3.05, 3.63) is 0 Å². The monoisotopic (exact) mass is 275 g/mol. The predicted molar refractivity (Wildman–Crippen MR) is 84.4 cm³/mol. The van der Waals surface area contributed by atoms with Gasteiger partial charge in [-0.15, -0.1) is 22.5 Å². The molecule has 6 heteroatoms. The van der Waals surface area contributed by atoms with E-state index in [4.69, 9.17) is 0 Å². The highest BCUT2D eigenvalue weighted by Gasteiger charge is 2.26. The van der Waals surface area contributed by atoms with E-state index >= 15 is 0 Å². The van der Waals surface area contributed by atoms with Crippen molar-refractivity contribution >= 4 is 32.7 Å². The first-order chi connectivity index (χ1) is 6.59. The maximum absolute atomic E-state index is 2.73. The Morgan fingerprint density at radius 2 is 1.00 bits per heavy atom. The van der Waals surface area contributed by atoms with Crippen LogP contribution < -0.4 is 0 Å². The van der Waals surface area contributed by atoms with Gasteiger partial charge in [-0.25, -0.2) is 0 Å². The molecule has 0 bridgehead atoms. The summed E-state index contributed by atoms with van der Waals surface area (Å²) >= 11 is -0.344. The van der Waals surface area contributed by atoms with Crippen molar-refractivity contribution in [2.24, 2.45) is 0 Å². The fraction of sp³-hybridized carbons (Fsp3) is 1.00. The molecular formula is C9H29N3S3. The van der Waals surface area contributed by atoms with Gasteiger partial charge in [0.05, 0.1) is 0 Å². The van der Waals surface area contributed by atoms with E-state index < -0.39 is 10.2 Å². The van der Waals surface area contributed by atoms with Gasteiger partial charge in [0, 0.05) is 0 Å². The maximum atomic E-state index is 2.73. The van der Waals surface area contributed by atoms with E-state index in [1.165, 1.54) is 0 Å². The molecule has 0 heterocycles. The van der Waals surface area contributed by atoms with E-state index in [9.17, 15) is 0 Å². The highest BCUT2D eigenvalue weighted by molar-refractivity contribution is 8.47. The fourth-order valence-corrected chi connectivity index (χ4v) is 10.8. The fourth-order valence-electron chi connectivity index (χ4n) is 1.20. The SMILES string of the molecule is CN(C)[SH](C)N([SH](C)N(C)C)S(C)(C)C. The average molecular weight is 276 g/mol. The Bertz CT molecular complexity index is 178. The van der Waals surface area contributed by atoms with Crippen LogP contribution in [0, 0.1) is 0 Å². The van der Waals surface area contributed by atoms with E-state index in [-0.39, 0.29) is 22.5 Å². The first-order valence-corrected chi connectivity index (χ1v) is 11.1. The minimum absolute atomic E-state index is 0.172. The summed E-state index contributed by atoms with van der Waals surface area (Å²) in [5, 5.41) is 0. The van der Waals surface area contributed by atoms with E-state index in [1.807, 2.05) is 0 Å². The number of hydrogen-bond donors (Lipinski definition) is 2. The molecule has 98 valence electrons. The van der Waals surface area contributed by atoms with Crippen molar-refractivity contribution in [3.63, 3.8) is 0 Å². The van der Waals surface area contributed by atoms with Gasteiger partial charge in [-0.3, -0.25) is 8.61 Å². The Labute approximate surface area is 104 Å². The van der Waals surface area contributed by atoms with Gasteiger partial charge in [-0.2, -0.15) is 13.3 Å². The summed E-state index contributed by atoms with van der Waals surface area (Å²) in [4.78, 5) is 0. The molecule has 0 aromatic carbocycles. The quantitative estimate of drug-likeness (QED) is 0.743. The highest BCUT2D eigenvalue weighted by Crippen LogP contribution is 2.60. The van der Waals surface area contributed by atoms with Crippen molar-refractivity contribution < 1.29 is 0 Å². The summed E-state index contributed by atoms with van der Waals surface area (Å²) in [5.41, 5.74) is 0.